The highest BCUT2D eigenvalue weighted by Gasteiger charge is 2.21. The van der Waals surface area contributed by atoms with Gasteiger partial charge in [-0.25, -0.2) is 0 Å². The Kier molecular flexibility index (Phi) is 7.34. The molecule has 0 aromatic heterocycles. The van der Waals surface area contributed by atoms with Crippen LogP contribution in [0.25, 0.3) is 0 Å². The predicted molar refractivity (Wildman–Crippen MR) is 71.3 cm³/mol. The van der Waals surface area contributed by atoms with E-state index >= 15 is 0 Å². The summed E-state index contributed by atoms with van der Waals surface area (Å²) < 4.78 is 0. The molecule has 0 aromatic rings. The zero-order valence-electron chi connectivity index (χ0n) is 11.0. The van der Waals surface area contributed by atoms with Crippen molar-refractivity contribution in [3.05, 3.63) is 0 Å². The van der Waals surface area contributed by atoms with Gasteiger partial charge in [-0.1, -0.05) is 32.6 Å². The van der Waals surface area contributed by atoms with Gasteiger partial charge in [0.05, 0.1) is 0 Å². The topological polar surface area (TPSA) is 12.0 Å². The minimum Gasteiger partial charge on any atom is -0.314 e. The SMILES string of the molecule is CC#CCCC(NCC)C1CCCCCC1. The predicted octanol–water partition coefficient (Wildman–Crippen LogP) is 3.74. The Morgan fingerprint density at radius 1 is 1.19 bits per heavy atom. The first-order valence-corrected chi connectivity index (χ1v) is 7.01. The van der Waals surface area contributed by atoms with Gasteiger partial charge in [-0.15, -0.1) is 11.8 Å². The van der Waals surface area contributed by atoms with Gasteiger partial charge < -0.3 is 5.32 Å². The van der Waals surface area contributed by atoms with E-state index in [4.69, 9.17) is 0 Å². The molecule has 16 heavy (non-hydrogen) atoms. The van der Waals surface area contributed by atoms with Gasteiger partial charge in [0.25, 0.3) is 0 Å². The van der Waals surface area contributed by atoms with E-state index in [0.717, 1.165) is 18.9 Å². The van der Waals surface area contributed by atoms with Crippen LogP contribution < -0.4 is 5.32 Å². The number of hydrogen-bond donors (Lipinski definition) is 1. The van der Waals surface area contributed by atoms with Crippen LogP contribution in [-0.4, -0.2) is 12.6 Å². The highest BCUT2D eigenvalue weighted by molar-refractivity contribution is 4.96. The lowest BCUT2D eigenvalue weighted by atomic mass is 9.89. The average molecular weight is 221 g/mol. The van der Waals surface area contributed by atoms with Crippen molar-refractivity contribution >= 4 is 0 Å². The highest BCUT2D eigenvalue weighted by atomic mass is 14.9. The van der Waals surface area contributed by atoms with Crippen molar-refractivity contribution in [2.45, 2.75) is 71.3 Å². The lowest BCUT2D eigenvalue weighted by Crippen LogP contribution is -2.36. The maximum absolute atomic E-state index is 3.67. The summed E-state index contributed by atoms with van der Waals surface area (Å²) in [5, 5.41) is 3.67. The molecular formula is C15H27N. The van der Waals surface area contributed by atoms with Crippen molar-refractivity contribution in [2.75, 3.05) is 6.54 Å². The Balaban J connectivity index is 2.41. The van der Waals surface area contributed by atoms with Gasteiger partial charge in [0.2, 0.25) is 0 Å². The molecule has 0 aromatic carbocycles. The van der Waals surface area contributed by atoms with Gasteiger partial charge in [-0.3, -0.25) is 0 Å². The van der Waals surface area contributed by atoms with Crippen molar-refractivity contribution in [1.82, 2.24) is 5.32 Å². The van der Waals surface area contributed by atoms with Gasteiger partial charge >= 0.3 is 0 Å². The number of rotatable bonds is 5. The van der Waals surface area contributed by atoms with E-state index in [-0.39, 0.29) is 0 Å². The highest BCUT2D eigenvalue weighted by Crippen LogP contribution is 2.27. The second-order valence-corrected chi connectivity index (χ2v) is 4.88. The first kappa shape index (κ1) is 13.6. The molecule has 0 bridgehead atoms. The quantitative estimate of drug-likeness (QED) is 0.551. The molecule has 1 fully saturated rings. The van der Waals surface area contributed by atoms with E-state index in [1.807, 2.05) is 6.92 Å². The first-order chi connectivity index (χ1) is 7.88. The second kappa shape index (κ2) is 8.65. The molecule has 0 saturated heterocycles. The van der Waals surface area contributed by atoms with Crippen molar-refractivity contribution in [1.29, 1.82) is 0 Å². The summed E-state index contributed by atoms with van der Waals surface area (Å²) in [6, 6.07) is 0.712. The number of hydrogen-bond acceptors (Lipinski definition) is 1. The minimum absolute atomic E-state index is 0.712. The van der Waals surface area contributed by atoms with Crippen LogP contribution in [0.5, 0.6) is 0 Å². The Morgan fingerprint density at radius 3 is 2.44 bits per heavy atom. The van der Waals surface area contributed by atoms with Gasteiger partial charge in [-0.2, -0.15) is 0 Å². The van der Waals surface area contributed by atoms with Crippen LogP contribution in [0.1, 0.15) is 65.2 Å². The lowest BCUT2D eigenvalue weighted by Gasteiger charge is -2.26. The van der Waals surface area contributed by atoms with Crippen LogP contribution in [-0.2, 0) is 0 Å². The third kappa shape index (κ3) is 5.03. The van der Waals surface area contributed by atoms with E-state index in [0.29, 0.717) is 6.04 Å². The molecule has 0 radical (unpaired) electrons. The number of nitrogens with one attached hydrogen (secondary N) is 1. The Bertz CT molecular complexity index is 215. The van der Waals surface area contributed by atoms with Crippen LogP contribution in [0.2, 0.25) is 0 Å². The fraction of sp³-hybridized carbons (Fsp3) is 0.867. The normalized spacial score (nSPS) is 19.6. The molecule has 0 aliphatic heterocycles. The summed E-state index contributed by atoms with van der Waals surface area (Å²) in [6.07, 6.45) is 10.9. The molecule has 1 N–H and O–H groups in total. The Morgan fingerprint density at radius 2 is 1.88 bits per heavy atom. The standard InChI is InChI=1S/C15H27N/c1-3-5-8-13-15(16-4-2)14-11-9-6-7-10-12-14/h14-16H,4,6-13H2,1-2H3. The maximum atomic E-state index is 3.67. The Hall–Kier alpha value is -0.480. The maximum Gasteiger partial charge on any atom is 0.0104 e. The van der Waals surface area contributed by atoms with Gasteiger partial charge in [-0.05, 0) is 38.6 Å². The van der Waals surface area contributed by atoms with Crippen molar-refractivity contribution in [2.24, 2.45) is 5.92 Å². The molecule has 1 saturated carbocycles. The van der Waals surface area contributed by atoms with Crippen LogP contribution in [0.4, 0.5) is 0 Å². The summed E-state index contributed by atoms with van der Waals surface area (Å²) >= 11 is 0. The van der Waals surface area contributed by atoms with E-state index in [1.54, 1.807) is 0 Å². The molecule has 1 atom stereocenters. The molecule has 1 unspecified atom stereocenters. The van der Waals surface area contributed by atoms with Crippen molar-refractivity contribution in [3.8, 4) is 11.8 Å². The van der Waals surface area contributed by atoms with Crippen molar-refractivity contribution < 1.29 is 0 Å². The van der Waals surface area contributed by atoms with Gasteiger partial charge in [0.1, 0.15) is 0 Å². The minimum atomic E-state index is 0.712. The molecule has 0 spiro atoms. The van der Waals surface area contributed by atoms with Crippen LogP contribution in [0.15, 0.2) is 0 Å². The molecular weight excluding hydrogens is 194 g/mol. The molecule has 1 aliphatic rings. The smallest absolute Gasteiger partial charge is 0.0104 e. The van der Waals surface area contributed by atoms with E-state index in [2.05, 4.69) is 24.1 Å². The molecule has 0 heterocycles. The summed E-state index contributed by atoms with van der Waals surface area (Å²) in [5.41, 5.74) is 0. The fourth-order valence-electron chi connectivity index (χ4n) is 2.83. The first-order valence-electron chi connectivity index (χ1n) is 7.01. The summed E-state index contributed by atoms with van der Waals surface area (Å²) in [7, 11) is 0. The van der Waals surface area contributed by atoms with Crippen LogP contribution in [0, 0.1) is 17.8 Å². The van der Waals surface area contributed by atoms with E-state index in [9.17, 15) is 0 Å². The second-order valence-electron chi connectivity index (χ2n) is 4.88. The van der Waals surface area contributed by atoms with E-state index < -0.39 is 0 Å². The molecule has 0 amide bonds. The monoisotopic (exact) mass is 221 g/mol. The zero-order valence-corrected chi connectivity index (χ0v) is 11.0. The molecule has 1 heteroatoms. The van der Waals surface area contributed by atoms with Gasteiger partial charge in [0.15, 0.2) is 0 Å². The lowest BCUT2D eigenvalue weighted by molar-refractivity contribution is 0.311. The van der Waals surface area contributed by atoms with Crippen LogP contribution >= 0.6 is 0 Å². The largest absolute Gasteiger partial charge is 0.314 e. The average Bonchev–Trinajstić information content (AvgIpc) is 2.57. The molecule has 92 valence electrons. The Labute approximate surface area is 101 Å². The summed E-state index contributed by atoms with van der Waals surface area (Å²) in [4.78, 5) is 0. The van der Waals surface area contributed by atoms with Gasteiger partial charge in [0, 0.05) is 12.5 Å². The summed E-state index contributed by atoms with van der Waals surface area (Å²) in [6.45, 7) is 5.25. The third-order valence-electron chi connectivity index (χ3n) is 3.69. The fourth-order valence-corrected chi connectivity index (χ4v) is 2.83. The molecule has 1 nitrogen and oxygen atoms in total. The third-order valence-corrected chi connectivity index (χ3v) is 3.69. The van der Waals surface area contributed by atoms with Crippen LogP contribution in [0.3, 0.4) is 0 Å². The van der Waals surface area contributed by atoms with Crippen molar-refractivity contribution in [3.63, 3.8) is 0 Å². The van der Waals surface area contributed by atoms with E-state index in [1.165, 1.54) is 44.9 Å². The zero-order chi connectivity index (χ0) is 11.6. The summed E-state index contributed by atoms with van der Waals surface area (Å²) in [5.74, 6) is 7.11. The molecule has 1 rings (SSSR count). The molecule has 1 aliphatic carbocycles.